The van der Waals surface area contributed by atoms with E-state index >= 15 is 0 Å². The Hall–Kier alpha value is -2.40. The van der Waals surface area contributed by atoms with Crippen LogP contribution in [0.5, 0.6) is 5.75 Å². The van der Waals surface area contributed by atoms with Gasteiger partial charge in [-0.2, -0.15) is 0 Å². The molecule has 0 aromatic heterocycles. The number of rotatable bonds is 5. The van der Waals surface area contributed by atoms with E-state index in [1.807, 2.05) is 30.3 Å². The number of aliphatic hydroxyl groups excluding tert-OH is 1. The molecule has 2 aromatic carbocycles. The fourth-order valence-electron chi connectivity index (χ4n) is 3.38. The van der Waals surface area contributed by atoms with Crippen LogP contribution in [-0.4, -0.2) is 35.6 Å². The van der Waals surface area contributed by atoms with Crippen molar-refractivity contribution in [2.75, 3.05) is 13.7 Å². The second kappa shape index (κ2) is 7.66. The number of benzene rings is 2. The van der Waals surface area contributed by atoms with E-state index in [0.717, 1.165) is 18.4 Å². The average molecular weight is 343 g/mol. The zero-order valence-electron chi connectivity index (χ0n) is 14.2. The number of carbonyl (C=O) groups excluding carboxylic acids is 1. The van der Waals surface area contributed by atoms with E-state index in [2.05, 4.69) is 0 Å². The van der Waals surface area contributed by atoms with Gasteiger partial charge in [0.25, 0.3) is 5.91 Å². The van der Waals surface area contributed by atoms with Gasteiger partial charge >= 0.3 is 0 Å². The number of halogens is 1. The van der Waals surface area contributed by atoms with E-state index in [1.54, 1.807) is 4.90 Å². The SMILES string of the molecule is COc1cc(C(=O)N2CCCC2CC(O)c2ccccc2)ccc1F. The summed E-state index contributed by atoms with van der Waals surface area (Å²) in [6, 6.07) is 13.6. The second-order valence-corrected chi connectivity index (χ2v) is 6.31. The van der Waals surface area contributed by atoms with Crippen LogP contribution in [0.4, 0.5) is 4.39 Å². The van der Waals surface area contributed by atoms with Crippen LogP contribution < -0.4 is 4.74 Å². The first-order valence-electron chi connectivity index (χ1n) is 8.47. The second-order valence-electron chi connectivity index (χ2n) is 6.31. The summed E-state index contributed by atoms with van der Waals surface area (Å²) in [5.41, 5.74) is 1.25. The minimum atomic E-state index is -0.609. The molecule has 0 bridgehead atoms. The molecule has 0 spiro atoms. The van der Waals surface area contributed by atoms with Crippen molar-refractivity contribution >= 4 is 5.91 Å². The summed E-state index contributed by atoms with van der Waals surface area (Å²) < 4.78 is 18.5. The smallest absolute Gasteiger partial charge is 0.254 e. The molecule has 2 aromatic rings. The van der Waals surface area contributed by atoms with E-state index in [0.29, 0.717) is 18.5 Å². The van der Waals surface area contributed by atoms with Crippen molar-refractivity contribution in [3.8, 4) is 5.75 Å². The summed E-state index contributed by atoms with van der Waals surface area (Å²) in [4.78, 5) is 14.6. The lowest BCUT2D eigenvalue weighted by Gasteiger charge is -2.27. The highest BCUT2D eigenvalue weighted by molar-refractivity contribution is 5.95. The molecular weight excluding hydrogens is 321 g/mol. The fourth-order valence-corrected chi connectivity index (χ4v) is 3.38. The van der Waals surface area contributed by atoms with Gasteiger partial charge in [0, 0.05) is 18.2 Å². The molecule has 4 nitrogen and oxygen atoms in total. The fraction of sp³-hybridized carbons (Fsp3) is 0.350. The molecule has 0 saturated carbocycles. The number of hydrogen-bond donors (Lipinski definition) is 1. The van der Waals surface area contributed by atoms with Gasteiger partial charge < -0.3 is 14.7 Å². The van der Waals surface area contributed by atoms with Crippen molar-refractivity contribution in [1.29, 1.82) is 0 Å². The van der Waals surface area contributed by atoms with Gasteiger partial charge in [0.05, 0.1) is 13.2 Å². The maximum absolute atomic E-state index is 13.6. The van der Waals surface area contributed by atoms with Crippen molar-refractivity contribution in [1.82, 2.24) is 4.90 Å². The summed E-state index contributed by atoms with van der Waals surface area (Å²) in [5, 5.41) is 10.5. The first-order valence-corrected chi connectivity index (χ1v) is 8.47. The number of nitrogens with zero attached hydrogens (tertiary/aromatic N) is 1. The zero-order chi connectivity index (χ0) is 17.8. The van der Waals surface area contributed by atoms with E-state index in [4.69, 9.17) is 4.74 Å². The third-order valence-electron chi connectivity index (χ3n) is 4.72. The largest absolute Gasteiger partial charge is 0.494 e. The Morgan fingerprint density at radius 2 is 2.08 bits per heavy atom. The van der Waals surface area contributed by atoms with Gasteiger partial charge in [-0.25, -0.2) is 4.39 Å². The Morgan fingerprint density at radius 3 is 2.80 bits per heavy atom. The van der Waals surface area contributed by atoms with Crippen LogP contribution in [0.3, 0.4) is 0 Å². The Labute approximate surface area is 146 Å². The van der Waals surface area contributed by atoms with Gasteiger partial charge in [-0.1, -0.05) is 30.3 Å². The van der Waals surface area contributed by atoms with Gasteiger partial charge in [-0.3, -0.25) is 4.79 Å². The monoisotopic (exact) mass is 343 g/mol. The average Bonchev–Trinajstić information content (AvgIpc) is 3.10. The summed E-state index contributed by atoms with van der Waals surface area (Å²) in [6.45, 7) is 0.644. The van der Waals surface area contributed by atoms with Crippen LogP contribution in [-0.2, 0) is 0 Å². The minimum absolute atomic E-state index is 0.0289. The molecule has 2 unspecified atom stereocenters. The standard InChI is InChI=1S/C20H22FNO3/c1-25-19-12-15(9-10-17(19)21)20(24)22-11-5-8-16(22)13-18(23)14-6-3-2-4-7-14/h2-4,6-7,9-10,12,16,18,23H,5,8,11,13H2,1H3. The first kappa shape index (κ1) is 17.4. The molecule has 1 N–H and O–H groups in total. The third-order valence-corrected chi connectivity index (χ3v) is 4.72. The number of likely N-dealkylation sites (tertiary alicyclic amines) is 1. The molecule has 0 radical (unpaired) electrons. The number of aliphatic hydroxyl groups is 1. The molecule has 1 aliphatic rings. The number of amides is 1. The summed E-state index contributed by atoms with van der Waals surface area (Å²) in [7, 11) is 1.38. The van der Waals surface area contributed by atoms with Crippen molar-refractivity contribution in [2.24, 2.45) is 0 Å². The Kier molecular flexibility index (Phi) is 5.34. The predicted molar refractivity (Wildman–Crippen MR) is 93.0 cm³/mol. The molecule has 1 fully saturated rings. The van der Waals surface area contributed by atoms with Crippen LogP contribution in [0.1, 0.15) is 41.3 Å². The van der Waals surface area contributed by atoms with Crippen molar-refractivity contribution < 1.29 is 19.0 Å². The highest BCUT2D eigenvalue weighted by Gasteiger charge is 2.31. The molecule has 3 rings (SSSR count). The maximum atomic E-state index is 13.6. The summed E-state index contributed by atoms with van der Waals surface area (Å²) >= 11 is 0. The van der Waals surface area contributed by atoms with E-state index in [9.17, 15) is 14.3 Å². The van der Waals surface area contributed by atoms with Gasteiger partial charge in [0.15, 0.2) is 11.6 Å². The molecular formula is C20H22FNO3. The van der Waals surface area contributed by atoms with Crippen LogP contribution in [0.15, 0.2) is 48.5 Å². The van der Waals surface area contributed by atoms with Crippen molar-refractivity contribution in [3.63, 3.8) is 0 Å². The molecule has 1 amide bonds. The van der Waals surface area contributed by atoms with Gasteiger partial charge in [-0.15, -0.1) is 0 Å². The number of carbonyl (C=O) groups is 1. The van der Waals surface area contributed by atoms with E-state index < -0.39 is 11.9 Å². The molecule has 2 atom stereocenters. The predicted octanol–water partition coefficient (Wildman–Crippen LogP) is 3.56. The molecule has 1 aliphatic heterocycles. The lowest BCUT2D eigenvalue weighted by atomic mass is 10.00. The highest BCUT2D eigenvalue weighted by atomic mass is 19.1. The van der Waals surface area contributed by atoms with Crippen molar-refractivity contribution in [2.45, 2.75) is 31.4 Å². The quantitative estimate of drug-likeness (QED) is 0.903. The van der Waals surface area contributed by atoms with Gasteiger partial charge in [-0.05, 0) is 43.0 Å². The van der Waals surface area contributed by atoms with Gasteiger partial charge in [0.1, 0.15) is 0 Å². The highest BCUT2D eigenvalue weighted by Crippen LogP contribution is 2.29. The number of ether oxygens (including phenoxy) is 1. The Morgan fingerprint density at radius 1 is 1.32 bits per heavy atom. The Balaban J connectivity index is 1.74. The topological polar surface area (TPSA) is 49.8 Å². The van der Waals surface area contributed by atoms with E-state index in [-0.39, 0.29) is 17.7 Å². The number of methoxy groups -OCH3 is 1. The number of hydrogen-bond acceptors (Lipinski definition) is 3. The van der Waals surface area contributed by atoms with Crippen molar-refractivity contribution in [3.05, 3.63) is 65.5 Å². The lowest BCUT2D eigenvalue weighted by molar-refractivity contribution is 0.0666. The van der Waals surface area contributed by atoms with Crippen LogP contribution in [0, 0.1) is 5.82 Å². The zero-order valence-corrected chi connectivity index (χ0v) is 14.2. The van der Waals surface area contributed by atoms with Crippen LogP contribution in [0.25, 0.3) is 0 Å². The normalized spacial score (nSPS) is 18.2. The summed E-state index contributed by atoms with van der Waals surface area (Å²) in [6.07, 6.45) is 1.64. The molecule has 25 heavy (non-hydrogen) atoms. The lowest BCUT2D eigenvalue weighted by Crippen LogP contribution is -2.36. The van der Waals surface area contributed by atoms with Crippen LogP contribution in [0.2, 0.25) is 0 Å². The maximum Gasteiger partial charge on any atom is 0.254 e. The molecule has 1 saturated heterocycles. The molecule has 5 heteroatoms. The minimum Gasteiger partial charge on any atom is -0.494 e. The summed E-state index contributed by atoms with van der Waals surface area (Å²) in [5.74, 6) is -0.580. The third kappa shape index (κ3) is 3.82. The van der Waals surface area contributed by atoms with E-state index in [1.165, 1.54) is 25.3 Å². The van der Waals surface area contributed by atoms with Crippen LogP contribution >= 0.6 is 0 Å². The van der Waals surface area contributed by atoms with Gasteiger partial charge in [0.2, 0.25) is 0 Å². The Bertz CT molecular complexity index is 735. The molecule has 132 valence electrons. The first-order chi connectivity index (χ1) is 12.1. The molecule has 0 aliphatic carbocycles. The molecule has 1 heterocycles.